The first kappa shape index (κ1) is 14.9. The van der Waals surface area contributed by atoms with E-state index in [0.29, 0.717) is 0 Å². The van der Waals surface area contributed by atoms with Gasteiger partial charge in [0.1, 0.15) is 5.75 Å². The Kier molecular flexibility index (Phi) is 4.92. The highest BCUT2D eigenvalue weighted by molar-refractivity contribution is 9.11. The molecule has 1 unspecified atom stereocenters. The molecular weight excluding hydrogens is 390 g/mol. The standard InChI is InChI=1S/C14H15Br2NOS/c1-8-4-5-14(19-8)9(2)17-12-7-13(18-3)11(16)6-10(12)15/h4-7,9,17H,1-3H3. The summed E-state index contributed by atoms with van der Waals surface area (Å²) < 4.78 is 7.28. The second kappa shape index (κ2) is 6.29. The summed E-state index contributed by atoms with van der Waals surface area (Å²) in [6.45, 7) is 4.28. The smallest absolute Gasteiger partial charge is 0.135 e. The van der Waals surface area contributed by atoms with Crippen molar-refractivity contribution in [3.63, 3.8) is 0 Å². The Morgan fingerprint density at radius 1 is 1.21 bits per heavy atom. The molecule has 2 rings (SSSR count). The molecule has 1 N–H and O–H groups in total. The van der Waals surface area contributed by atoms with Crippen LogP contribution in [0.4, 0.5) is 5.69 Å². The van der Waals surface area contributed by atoms with Gasteiger partial charge in [0.05, 0.1) is 23.3 Å². The highest BCUT2D eigenvalue weighted by Gasteiger charge is 2.12. The van der Waals surface area contributed by atoms with E-state index >= 15 is 0 Å². The van der Waals surface area contributed by atoms with Crippen LogP contribution in [0.15, 0.2) is 33.2 Å². The van der Waals surface area contributed by atoms with Crippen LogP contribution in [-0.2, 0) is 0 Å². The molecule has 0 amide bonds. The largest absolute Gasteiger partial charge is 0.495 e. The van der Waals surface area contributed by atoms with Crippen molar-refractivity contribution in [2.75, 3.05) is 12.4 Å². The maximum Gasteiger partial charge on any atom is 0.135 e. The van der Waals surface area contributed by atoms with Crippen molar-refractivity contribution in [1.29, 1.82) is 0 Å². The molecule has 102 valence electrons. The molecule has 1 atom stereocenters. The van der Waals surface area contributed by atoms with E-state index in [1.54, 1.807) is 7.11 Å². The Morgan fingerprint density at radius 2 is 1.95 bits per heavy atom. The molecular formula is C14H15Br2NOS. The van der Waals surface area contributed by atoms with Gasteiger partial charge in [0.15, 0.2) is 0 Å². The Balaban J connectivity index is 2.23. The Morgan fingerprint density at radius 3 is 2.53 bits per heavy atom. The number of anilines is 1. The Bertz CT molecular complexity index is 583. The van der Waals surface area contributed by atoms with Crippen molar-refractivity contribution < 1.29 is 4.74 Å². The van der Waals surface area contributed by atoms with E-state index in [9.17, 15) is 0 Å². The molecule has 0 bridgehead atoms. The van der Waals surface area contributed by atoms with Crippen LogP contribution in [0.3, 0.4) is 0 Å². The highest BCUT2D eigenvalue weighted by Crippen LogP contribution is 2.36. The molecule has 1 aromatic carbocycles. The second-order valence-electron chi connectivity index (χ2n) is 4.28. The summed E-state index contributed by atoms with van der Waals surface area (Å²) in [7, 11) is 1.67. The zero-order valence-corrected chi connectivity index (χ0v) is 14.9. The summed E-state index contributed by atoms with van der Waals surface area (Å²) in [5, 5.41) is 3.50. The van der Waals surface area contributed by atoms with Crippen molar-refractivity contribution in [3.05, 3.63) is 43.0 Å². The van der Waals surface area contributed by atoms with Gasteiger partial charge in [-0.1, -0.05) is 0 Å². The van der Waals surface area contributed by atoms with Crippen LogP contribution in [-0.4, -0.2) is 7.11 Å². The van der Waals surface area contributed by atoms with Crippen LogP contribution in [0, 0.1) is 6.92 Å². The number of hydrogen-bond donors (Lipinski definition) is 1. The van der Waals surface area contributed by atoms with E-state index in [4.69, 9.17) is 4.74 Å². The lowest BCUT2D eigenvalue weighted by molar-refractivity contribution is 0.412. The quantitative estimate of drug-likeness (QED) is 0.698. The van der Waals surface area contributed by atoms with Crippen molar-refractivity contribution in [1.82, 2.24) is 0 Å². The number of nitrogens with one attached hydrogen (secondary N) is 1. The summed E-state index contributed by atoms with van der Waals surface area (Å²) in [4.78, 5) is 2.65. The predicted molar refractivity (Wildman–Crippen MR) is 89.5 cm³/mol. The predicted octanol–water partition coefficient (Wildman–Crippen LogP) is 5.76. The van der Waals surface area contributed by atoms with E-state index in [2.05, 4.69) is 63.2 Å². The summed E-state index contributed by atoms with van der Waals surface area (Å²) in [5.41, 5.74) is 1.03. The Labute approximate surface area is 134 Å². The highest BCUT2D eigenvalue weighted by atomic mass is 79.9. The molecule has 0 saturated heterocycles. The van der Waals surface area contributed by atoms with E-state index in [1.807, 2.05) is 23.5 Å². The van der Waals surface area contributed by atoms with Gasteiger partial charge in [0.2, 0.25) is 0 Å². The van der Waals surface area contributed by atoms with E-state index in [-0.39, 0.29) is 6.04 Å². The van der Waals surface area contributed by atoms with Gasteiger partial charge in [-0.15, -0.1) is 11.3 Å². The van der Waals surface area contributed by atoms with Gasteiger partial charge in [-0.25, -0.2) is 0 Å². The minimum atomic E-state index is 0.265. The number of thiophene rings is 1. The number of benzene rings is 1. The fourth-order valence-electron chi connectivity index (χ4n) is 1.79. The number of halogens is 2. The SMILES string of the molecule is COc1cc(NC(C)c2ccc(C)s2)c(Br)cc1Br. The zero-order valence-electron chi connectivity index (χ0n) is 11.0. The van der Waals surface area contributed by atoms with Crippen molar-refractivity contribution in [3.8, 4) is 5.75 Å². The number of rotatable bonds is 4. The second-order valence-corrected chi connectivity index (χ2v) is 7.31. The lowest BCUT2D eigenvalue weighted by atomic mass is 10.2. The van der Waals surface area contributed by atoms with Crippen molar-refractivity contribution in [2.24, 2.45) is 0 Å². The topological polar surface area (TPSA) is 21.3 Å². The van der Waals surface area contributed by atoms with Gasteiger partial charge < -0.3 is 10.1 Å². The van der Waals surface area contributed by atoms with E-state index in [1.165, 1.54) is 9.75 Å². The molecule has 1 aromatic heterocycles. The molecule has 0 radical (unpaired) electrons. The summed E-state index contributed by atoms with van der Waals surface area (Å²) in [6.07, 6.45) is 0. The maximum atomic E-state index is 5.33. The molecule has 0 spiro atoms. The van der Waals surface area contributed by atoms with Crippen LogP contribution < -0.4 is 10.1 Å². The molecule has 0 aliphatic heterocycles. The van der Waals surface area contributed by atoms with Crippen molar-refractivity contribution in [2.45, 2.75) is 19.9 Å². The molecule has 2 aromatic rings. The maximum absolute atomic E-state index is 5.33. The lowest BCUT2D eigenvalue weighted by Crippen LogP contribution is -2.05. The third-order valence-electron chi connectivity index (χ3n) is 2.80. The van der Waals surface area contributed by atoms with Crippen LogP contribution >= 0.6 is 43.2 Å². The van der Waals surface area contributed by atoms with Crippen LogP contribution in [0.5, 0.6) is 5.75 Å². The summed E-state index contributed by atoms with van der Waals surface area (Å²) >= 11 is 8.86. The van der Waals surface area contributed by atoms with Gasteiger partial charge in [0.25, 0.3) is 0 Å². The minimum absolute atomic E-state index is 0.265. The monoisotopic (exact) mass is 403 g/mol. The molecule has 0 saturated carbocycles. The van der Waals surface area contributed by atoms with Crippen LogP contribution in [0.2, 0.25) is 0 Å². The molecule has 0 aliphatic rings. The average molecular weight is 405 g/mol. The normalized spacial score (nSPS) is 12.3. The van der Waals surface area contributed by atoms with Gasteiger partial charge in [-0.05, 0) is 63.9 Å². The number of ether oxygens (including phenoxy) is 1. The van der Waals surface area contributed by atoms with Gasteiger partial charge in [-0.2, -0.15) is 0 Å². The summed E-state index contributed by atoms with van der Waals surface area (Å²) in [5.74, 6) is 0.820. The number of aryl methyl sites for hydroxylation is 1. The Hall–Kier alpha value is -0.520. The van der Waals surface area contributed by atoms with E-state index in [0.717, 1.165) is 20.4 Å². The molecule has 19 heavy (non-hydrogen) atoms. The average Bonchev–Trinajstić information content (AvgIpc) is 2.79. The minimum Gasteiger partial charge on any atom is -0.495 e. The fourth-order valence-corrected chi connectivity index (χ4v) is 3.94. The first-order chi connectivity index (χ1) is 9.01. The summed E-state index contributed by atoms with van der Waals surface area (Å²) in [6, 6.07) is 8.57. The third-order valence-corrected chi connectivity index (χ3v) is 5.26. The third kappa shape index (κ3) is 3.52. The lowest BCUT2D eigenvalue weighted by Gasteiger charge is -2.16. The van der Waals surface area contributed by atoms with Gasteiger partial charge in [-0.3, -0.25) is 0 Å². The molecule has 0 fully saturated rings. The van der Waals surface area contributed by atoms with Crippen molar-refractivity contribution >= 4 is 48.9 Å². The fraction of sp³-hybridized carbons (Fsp3) is 0.286. The van der Waals surface area contributed by atoms with Crippen LogP contribution in [0.1, 0.15) is 22.7 Å². The number of hydrogen-bond acceptors (Lipinski definition) is 3. The molecule has 2 nitrogen and oxygen atoms in total. The van der Waals surface area contributed by atoms with Gasteiger partial charge >= 0.3 is 0 Å². The first-order valence-electron chi connectivity index (χ1n) is 5.87. The molecule has 5 heteroatoms. The number of methoxy groups -OCH3 is 1. The van der Waals surface area contributed by atoms with E-state index < -0.39 is 0 Å². The molecule has 0 aliphatic carbocycles. The zero-order chi connectivity index (χ0) is 14.0. The first-order valence-corrected chi connectivity index (χ1v) is 8.27. The van der Waals surface area contributed by atoms with Gasteiger partial charge in [0, 0.05) is 20.3 Å². The molecule has 1 heterocycles. The van der Waals surface area contributed by atoms with Crippen LogP contribution in [0.25, 0.3) is 0 Å².